The Bertz CT molecular complexity index is 885. The van der Waals surface area contributed by atoms with Crippen molar-refractivity contribution in [2.24, 2.45) is 0 Å². The Morgan fingerprint density at radius 3 is 2.58 bits per heavy atom. The number of amides is 1. The van der Waals surface area contributed by atoms with E-state index in [0.29, 0.717) is 22.4 Å². The smallest absolute Gasteiger partial charge is 0.261 e. The van der Waals surface area contributed by atoms with Crippen molar-refractivity contribution in [2.45, 2.75) is 26.2 Å². The summed E-state index contributed by atoms with van der Waals surface area (Å²) in [5.74, 6) is 0.862. The molecule has 1 N–H and O–H groups in total. The second kappa shape index (κ2) is 8.15. The number of benzene rings is 2. The lowest BCUT2D eigenvalue weighted by Crippen LogP contribution is -2.12. The van der Waals surface area contributed by atoms with Gasteiger partial charge in [0.05, 0.1) is 12.7 Å². The third-order valence-corrected chi connectivity index (χ3v) is 5.06. The number of carbonyl (C=O) groups is 1. The quantitative estimate of drug-likeness (QED) is 0.659. The van der Waals surface area contributed by atoms with Crippen LogP contribution in [0.3, 0.4) is 0 Å². The Kier molecular flexibility index (Phi) is 5.68. The maximum atomic E-state index is 12.4. The van der Waals surface area contributed by atoms with Crippen LogP contribution in [-0.4, -0.2) is 18.0 Å². The molecule has 0 aliphatic rings. The maximum Gasteiger partial charge on any atom is 0.261 e. The van der Waals surface area contributed by atoms with Crippen LogP contribution in [0.25, 0.3) is 0 Å². The highest BCUT2D eigenvalue weighted by Crippen LogP contribution is 2.24. The molecule has 134 valence electrons. The fourth-order valence-corrected chi connectivity index (χ4v) is 3.51. The molecule has 0 aliphatic carbocycles. The molecule has 4 nitrogen and oxygen atoms in total. The van der Waals surface area contributed by atoms with E-state index < -0.39 is 0 Å². The Labute approximate surface area is 157 Å². The molecule has 1 heterocycles. The average Bonchev–Trinajstić information content (AvgIpc) is 3.08. The molecule has 0 radical (unpaired) electrons. The van der Waals surface area contributed by atoms with E-state index in [1.54, 1.807) is 19.2 Å². The van der Waals surface area contributed by atoms with Gasteiger partial charge >= 0.3 is 0 Å². The van der Waals surface area contributed by atoms with Crippen LogP contribution in [0.2, 0.25) is 0 Å². The van der Waals surface area contributed by atoms with Crippen LogP contribution in [0.15, 0.2) is 54.7 Å². The molecule has 3 rings (SSSR count). The minimum atomic E-state index is -0.218. The first-order chi connectivity index (χ1) is 12.6. The van der Waals surface area contributed by atoms with Gasteiger partial charge in [-0.2, -0.15) is 0 Å². The van der Waals surface area contributed by atoms with Crippen LogP contribution in [0.5, 0.6) is 5.75 Å². The molecule has 0 atom stereocenters. The van der Waals surface area contributed by atoms with Gasteiger partial charge in [-0.3, -0.25) is 10.1 Å². The van der Waals surface area contributed by atoms with Crippen LogP contribution in [0, 0.1) is 0 Å². The summed E-state index contributed by atoms with van der Waals surface area (Å²) >= 11 is 1.49. The monoisotopic (exact) mass is 366 g/mol. The first kappa shape index (κ1) is 18.1. The summed E-state index contributed by atoms with van der Waals surface area (Å²) in [4.78, 5) is 17.9. The minimum Gasteiger partial charge on any atom is -0.496 e. The number of para-hydroxylation sites is 1. The molecule has 1 amide bonds. The van der Waals surface area contributed by atoms with Gasteiger partial charge in [0.1, 0.15) is 5.75 Å². The Balaban J connectivity index is 1.67. The number of ether oxygens (including phenoxy) is 1. The van der Waals surface area contributed by atoms with E-state index in [1.165, 1.54) is 22.5 Å². The predicted octanol–water partition coefficient (Wildman–Crippen LogP) is 5.12. The fraction of sp³-hybridized carbons (Fsp3) is 0.238. The van der Waals surface area contributed by atoms with E-state index >= 15 is 0 Å². The number of anilines is 1. The third kappa shape index (κ3) is 4.29. The zero-order valence-corrected chi connectivity index (χ0v) is 16.0. The lowest BCUT2D eigenvalue weighted by atomic mass is 10.0. The first-order valence-corrected chi connectivity index (χ1v) is 9.36. The summed E-state index contributed by atoms with van der Waals surface area (Å²) in [7, 11) is 1.55. The second-order valence-corrected chi connectivity index (χ2v) is 7.47. The Morgan fingerprint density at radius 2 is 1.88 bits per heavy atom. The van der Waals surface area contributed by atoms with E-state index in [-0.39, 0.29) is 5.91 Å². The topological polar surface area (TPSA) is 51.2 Å². The van der Waals surface area contributed by atoms with Crippen LogP contribution < -0.4 is 10.1 Å². The SMILES string of the molecule is COc1ccccc1C(=O)Nc1ncc(Cc2ccc(C(C)C)cc2)s1. The van der Waals surface area contributed by atoms with Crippen LogP contribution >= 0.6 is 11.3 Å². The van der Waals surface area contributed by atoms with Gasteiger partial charge in [0.25, 0.3) is 5.91 Å². The highest BCUT2D eigenvalue weighted by atomic mass is 32.1. The number of aromatic nitrogens is 1. The summed E-state index contributed by atoms with van der Waals surface area (Å²) in [6.45, 7) is 4.38. The lowest BCUT2D eigenvalue weighted by molar-refractivity contribution is 0.102. The van der Waals surface area contributed by atoms with E-state index in [2.05, 4.69) is 48.4 Å². The number of nitrogens with zero attached hydrogens (tertiary/aromatic N) is 1. The number of hydrogen-bond acceptors (Lipinski definition) is 4. The average molecular weight is 366 g/mol. The molecule has 0 fully saturated rings. The van der Waals surface area contributed by atoms with Crippen molar-refractivity contribution >= 4 is 22.4 Å². The highest BCUT2D eigenvalue weighted by Gasteiger charge is 2.13. The molecule has 3 aromatic rings. The summed E-state index contributed by atoms with van der Waals surface area (Å²) in [5, 5.41) is 3.44. The molecule has 0 aliphatic heterocycles. The normalized spacial score (nSPS) is 10.8. The molecule has 0 bridgehead atoms. The van der Waals surface area contributed by atoms with Gasteiger partial charge in [0.15, 0.2) is 5.13 Å². The molecule has 5 heteroatoms. The largest absolute Gasteiger partial charge is 0.496 e. The van der Waals surface area contributed by atoms with E-state index in [1.807, 2.05) is 18.3 Å². The molecule has 2 aromatic carbocycles. The maximum absolute atomic E-state index is 12.4. The molecule has 0 saturated heterocycles. The van der Waals surface area contributed by atoms with Crippen LogP contribution in [-0.2, 0) is 6.42 Å². The number of nitrogens with one attached hydrogen (secondary N) is 1. The van der Waals surface area contributed by atoms with Crippen molar-refractivity contribution in [2.75, 3.05) is 12.4 Å². The van der Waals surface area contributed by atoms with E-state index in [9.17, 15) is 4.79 Å². The van der Waals surface area contributed by atoms with Gasteiger partial charge in [0.2, 0.25) is 0 Å². The molecular weight excluding hydrogens is 344 g/mol. The van der Waals surface area contributed by atoms with Crippen molar-refractivity contribution in [3.05, 3.63) is 76.3 Å². The Hall–Kier alpha value is -2.66. The number of thiazole rings is 1. The Morgan fingerprint density at radius 1 is 1.15 bits per heavy atom. The number of carbonyl (C=O) groups excluding carboxylic acids is 1. The molecular formula is C21H22N2O2S. The van der Waals surface area contributed by atoms with Crippen molar-refractivity contribution in [1.29, 1.82) is 0 Å². The van der Waals surface area contributed by atoms with Crippen molar-refractivity contribution < 1.29 is 9.53 Å². The lowest BCUT2D eigenvalue weighted by Gasteiger charge is -2.07. The summed E-state index contributed by atoms with van der Waals surface area (Å²) in [6.07, 6.45) is 2.62. The molecule has 0 unspecified atom stereocenters. The zero-order valence-electron chi connectivity index (χ0n) is 15.2. The van der Waals surface area contributed by atoms with Gasteiger partial charge in [-0.25, -0.2) is 4.98 Å². The molecule has 26 heavy (non-hydrogen) atoms. The minimum absolute atomic E-state index is 0.218. The van der Waals surface area contributed by atoms with Gasteiger partial charge in [0, 0.05) is 17.5 Å². The summed E-state index contributed by atoms with van der Waals surface area (Å²) < 4.78 is 5.24. The van der Waals surface area contributed by atoms with Gasteiger partial charge in [-0.15, -0.1) is 11.3 Å². The van der Waals surface area contributed by atoms with Crippen molar-refractivity contribution in [1.82, 2.24) is 4.98 Å². The van der Waals surface area contributed by atoms with Gasteiger partial charge < -0.3 is 4.74 Å². The first-order valence-electron chi connectivity index (χ1n) is 8.54. The van der Waals surface area contributed by atoms with Crippen molar-refractivity contribution in [3.63, 3.8) is 0 Å². The molecule has 1 aromatic heterocycles. The molecule has 0 saturated carbocycles. The van der Waals surface area contributed by atoms with E-state index in [0.717, 1.165) is 11.3 Å². The van der Waals surface area contributed by atoms with E-state index in [4.69, 9.17) is 4.74 Å². The summed E-state index contributed by atoms with van der Waals surface area (Å²) in [5.41, 5.74) is 3.07. The number of rotatable bonds is 6. The van der Waals surface area contributed by atoms with Crippen molar-refractivity contribution in [3.8, 4) is 5.75 Å². The zero-order chi connectivity index (χ0) is 18.5. The number of methoxy groups -OCH3 is 1. The summed E-state index contributed by atoms with van der Waals surface area (Å²) in [6, 6.07) is 15.8. The highest BCUT2D eigenvalue weighted by molar-refractivity contribution is 7.15. The fourth-order valence-electron chi connectivity index (χ4n) is 2.67. The van der Waals surface area contributed by atoms with Gasteiger partial charge in [-0.05, 0) is 29.2 Å². The van der Waals surface area contributed by atoms with Crippen LogP contribution in [0.4, 0.5) is 5.13 Å². The second-order valence-electron chi connectivity index (χ2n) is 6.36. The number of hydrogen-bond donors (Lipinski definition) is 1. The third-order valence-electron chi connectivity index (χ3n) is 4.15. The predicted molar refractivity (Wildman–Crippen MR) is 106 cm³/mol. The molecule has 0 spiro atoms. The van der Waals surface area contributed by atoms with Gasteiger partial charge in [-0.1, -0.05) is 50.2 Å². The van der Waals surface area contributed by atoms with Crippen LogP contribution in [0.1, 0.15) is 46.1 Å². The standard InChI is InChI=1S/C21H22N2O2S/c1-14(2)16-10-8-15(9-11-16)12-17-13-22-21(26-17)23-20(24)18-6-4-5-7-19(18)25-3/h4-11,13-14H,12H2,1-3H3,(H,22,23,24).